The molecule has 10 rings (SSSR count). The lowest BCUT2D eigenvalue weighted by atomic mass is 9.89. The van der Waals surface area contributed by atoms with E-state index in [1.54, 1.807) is 0 Å². The predicted octanol–water partition coefficient (Wildman–Crippen LogP) is 13.6. The van der Waals surface area contributed by atoms with Gasteiger partial charge in [0.25, 0.3) is 0 Å². The molecule has 2 unspecified atom stereocenters. The molecule has 2 heterocycles. The lowest BCUT2D eigenvalue weighted by molar-refractivity contribution is 0.383. The van der Waals surface area contributed by atoms with Crippen LogP contribution in [0.25, 0.3) is 51.0 Å². The Morgan fingerprint density at radius 3 is 1.98 bits per heavy atom. The summed E-state index contributed by atoms with van der Waals surface area (Å²) in [6, 6.07) is 63.2. The van der Waals surface area contributed by atoms with Gasteiger partial charge in [-0.25, -0.2) is 9.98 Å². The van der Waals surface area contributed by atoms with Crippen LogP contribution in [0, 0.1) is 0 Å². The lowest BCUT2D eigenvalue weighted by Crippen LogP contribution is -2.35. The molecule has 1 aromatic heterocycles. The maximum absolute atomic E-state index is 5.25. The molecule has 0 saturated heterocycles. The molecule has 8 aromatic rings. The first-order chi connectivity index (χ1) is 29.6. The number of hydrogen-bond acceptors (Lipinski definition) is 3. The molecule has 7 aromatic carbocycles. The largest absolute Gasteiger partial charge is 0.333 e. The summed E-state index contributed by atoms with van der Waals surface area (Å²) in [7, 11) is 2.09. The summed E-state index contributed by atoms with van der Waals surface area (Å²) in [6.45, 7) is 6.35. The van der Waals surface area contributed by atoms with Crippen LogP contribution in [0.5, 0.6) is 0 Å². The number of aliphatic imine (C=N–C) groups is 2. The van der Waals surface area contributed by atoms with Gasteiger partial charge < -0.3 is 9.47 Å². The van der Waals surface area contributed by atoms with E-state index in [1.165, 1.54) is 55.4 Å². The van der Waals surface area contributed by atoms with Gasteiger partial charge in [0.2, 0.25) is 0 Å². The topological polar surface area (TPSA) is 32.9 Å². The molecule has 0 amide bonds. The third-order valence-electron chi connectivity index (χ3n) is 12.2. The standard InChI is InChI=1S/C56H46N4/c1-4-17-48-51-36-49-47(45-24-15-16-25-46(45)50(49)37-53(51)60(52(48)5-2)44-22-13-8-14-23-44)35-28-38-26-29-41(30-27-38)54-57-55(42-20-11-7-12-21-42)59(3)56(58-54)43-33-31-40(32-34-43)39-18-9-6-10-19-39/h4-27,29-34,36-37,47,55H,2,28,35H2,1,3H3/b17-4-. The number of aromatic nitrogens is 1. The molecule has 290 valence electrons. The van der Waals surface area contributed by atoms with E-state index in [9.17, 15) is 0 Å². The minimum Gasteiger partial charge on any atom is -0.333 e. The highest BCUT2D eigenvalue weighted by molar-refractivity contribution is 6.13. The van der Waals surface area contributed by atoms with E-state index in [4.69, 9.17) is 9.98 Å². The number of fused-ring (bicyclic) bond motifs is 4. The molecule has 1 aliphatic carbocycles. The highest BCUT2D eigenvalue weighted by Crippen LogP contribution is 2.49. The number of rotatable bonds is 10. The predicted molar refractivity (Wildman–Crippen MR) is 252 cm³/mol. The zero-order valence-corrected chi connectivity index (χ0v) is 34.0. The molecule has 0 fully saturated rings. The second-order valence-corrected chi connectivity index (χ2v) is 15.7. The maximum Gasteiger partial charge on any atom is 0.159 e. The Bertz CT molecular complexity index is 2940. The highest BCUT2D eigenvalue weighted by Gasteiger charge is 2.31. The average Bonchev–Trinajstić information content (AvgIpc) is 3.79. The molecule has 1 aliphatic heterocycles. The number of amidine groups is 2. The quantitative estimate of drug-likeness (QED) is 0.136. The van der Waals surface area contributed by atoms with Crippen molar-refractivity contribution in [2.75, 3.05) is 7.05 Å². The van der Waals surface area contributed by atoms with E-state index in [1.807, 2.05) is 6.08 Å². The number of benzene rings is 7. The van der Waals surface area contributed by atoms with E-state index in [0.29, 0.717) is 0 Å². The number of para-hydroxylation sites is 1. The SMILES string of the molecule is C=Cc1c(/C=C\C)c2cc3c(cc2n1-c1ccccc1)-c1ccccc1C3CCc1ccc(C2=NC(c3ccccc3)N(C)C(c3ccc(-c4ccccc4)cc3)=N2)cc1. The van der Waals surface area contributed by atoms with Crippen LogP contribution in [0.1, 0.15) is 70.1 Å². The van der Waals surface area contributed by atoms with Crippen molar-refractivity contribution < 1.29 is 0 Å². The Hall–Kier alpha value is -7.30. The van der Waals surface area contributed by atoms with Gasteiger partial charge >= 0.3 is 0 Å². The fourth-order valence-corrected chi connectivity index (χ4v) is 9.27. The Morgan fingerprint density at radius 1 is 0.633 bits per heavy atom. The van der Waals surface area contributed by atoms with Crippen LogP contribution in [0.4, 0.5) is 0 Å². The Morgan fingerprint density at radius 2 is 1.27 bits per heavy atom. The summed E-state index contributed by atoms with van der Waals surface area (Å²) in [5.74, 6) is 1.94. The van der Waals surface area contributed by atoms with Crippen LogP contribution in [-0.2, 0) is 6.42 Å². The van der Waals surface area contributed by atoms with Crippen molar-refractivity contribution in [1.29, 1.82) is 0 Å². The first-order valence-electron chi connectivity index (χ1n) is 20.9. The summed E-state index contributed by atoms with van der Waals surface area (Å²) < 4.78 is 2.36. The van der Waals surface area contributed by atoms with Gasteiger partial charge in [0.05, 0.1) is 11.2 Å². The molecule has 0 saturated carbocycles. The van der Waals surface area contributed by atoms with Gasteiger partial charge in [0, 0.05) is 40.7 Å². The molecule has 0 bridgehead atoms. The summed E-state index contributed by atoms with van der Waals surface area (Å²) >= 11 is 0. The summed E-state index contributed by atoms with van der Waals surface area (Å²) in [5.41, 5.74) is 17.0. The third-order valence-corrected chi connectivity index (χ3v) is 12.2. The van der Waals surface area contributed by atoms with E-state index in [2.05, 4.69) is 218 Å². The van der Waals surface area contributed by atoms with E-state index < -0.39 is 0 Å². The Labute approximate surface area is 352 Å². The van der Waals surface area contributed by atoms with E-state index in [0.717, 1.165) is 52.6 Å². The van der Waals surface area contributed by atoms with Gasteiger partial charge in [-0.2, -0.15) is 0 Å². The lowest BCUT2D eigenvalue weighted by Gasteiger charge is -2.32. The van der Waals surface area contributed by atoms with Crippen LogP contribution >= 0.6 is 0 Å². The van der Waals surface area contributed by atoms with Crippen LogP contribution in [0.2, 0.25) is 0 Å². The zero-order valence-electron chi connectivity index (χ0n) is 34.0. The molecule has 0 N–H and O–H groups in total. The van der Waals surface area contributed by atoms with E-state index >= 15 is 0 Å². The molecule has 0 spiro atoms. The number of allylic oxidation sites excluding steroid dienone is 1. The molecule has 2 aliphatic rings. The monoisotopic (exact) mass is 774 g/mol. The number of aryl methyl sites for hydroxylation is 1. The first-order valence-corrected chi connectivity index (χ1v) is 20.9. The van der Waals surface area contributed by atoms with Gasteiger partial charge in [-0.3, -0.25) is 0 Å². The van der Waals surface area contributed by atoms with Crippen molar-refractivity contribution in [2.45, 2.75) is 31.8 Å². The van der Waals surface area contributed by atoms with Crippen LogP contribution in [-0.4, -0.2) is 28.2 Å². The van der Waals surface area contributed by atoms with Gasteiger partial charge in [-0.05, 0) is 94.6 Å². The number of nitrogens with zero attached hydrogens (tertiary/aromatic N) is 4. The minimum absolute atomic E-state index is 0.198. The van der Waals surface area contributed by atoms with Crippen molar-refractivity contribution in [1.82, 2.24) is 9.47 Å². The minimum atomic E-state index is -0.198. The van der Waals surface area contributed by atoms with Crippen LogP contribution < -0.4 is 0 Å². The maximum atomic E-state index is 5.25. The molecule has 4 nitrogen and oxygen atoms in total. The Kier molecular flexibility index (Phi) is 9.75. The highest BCUT2D eigenvalue weighted by atomic mass is 15.3. The summed E-state index contributed by atoms with van der Waals surface area (Å²) in [5, 5.41) is 1.26. The van der Waals surface area contributed by atoms with Crippen LogP contribution in [0.15, 0.2) is 199 Å². The average molecular weight is 775 g/mol. The summed E-state index contributed by atoms with van der Waals surface area (Å²) in [4.78, 5) is 12.7. The fourth-order valence-electron chi connectivity index (χ4n) is 9.27. The molecular weight excluding hydrogens is 729 g/mol. The van der Waals surface area contributed by atoms with E-state index in [-0.39, 0.29) is 12.1 Å². The normalized spacial score (nSPS) is 15.8. The third kappa shape index (κ3) is 6.60. The van der Waals surface area contributed by atoms with Gasteiger partial charge in [0.15, 0.2) is 5.84 Å². The first kappa shape index (κ1) is 37.0. The fraction of sp³-hybridized carbons (Fsp3) is 0.107. The second kappa shape index (κ2) is 15.8. The Balaban J connectivity index is 0.965. The molecule has 2 atom stereocenters. The zero-order chi connectivity index (χ0) is 40.6. The molecule has 0 radical (unpaired) electrons. The smallest absolute Gasteiger partial charge is 0.159 e. The van der Waals surface area contributed by atoms with Crippen LogP contribution in [0.3, 0.4) is 0 Å². The van der Waals surface area contributed by atoms with Crippen molar-refractivity contribution in [3.63, 3.8) is 0 Å². The van der Waals surface area contributed by atoms with Crippen molar-refractivity contribution in [3.05, 3.63) is 233 Å². The van der Waals surface area contributed by atoms with Gasteiger partial charge in [0.1, 0.15) is 12.0 Å². The van der Waals surface area contributed by atoms with Gasteiger partial charge in [-0.15, -0.1) is 0 Å². The molecule has 4 heteroatoms. The number of hydrogen-bond donors (Lipinski definition) is 0. The summed E-state index contributed by atoms with van der Waals surface area (Å²) in [6.07, 6.45) is 8.12. The van der Waals surface area contributed by atoms with Crippen molar-refractivity contribution >= 4 is 34.7 Å². The second-order valence-electron chi connectivity index (χ2n) is 15.7. The molecular formula is C56H46N4. The van der Waals surface area contributed by atoms with Gasteiger partial charge in [-0.1, -0.05) is 170 Å². The van der Waals surface area contributed by atoms with Crippen molar-refractivity contribution in [2.24, 2.45) is 9.98 Å². The molecule has 60 heavy (non-hydrogen) atoms. The van der Waals surface area contributed by atoms with Crippen molar-refractivity contribution in [3.8, 4) is 27.9 Å².